The van der Waals surface area contributed by atoms with E-state index in [9.17, 15) is 12.8 Å². The lowest BCUT2D eigenvalue weighted by molar-refractivity contribution is 0.544. The first kappa shape index (κ1) is 15.9. The van der Waals surface area contributed by atoms with Crippen LogP contribution in [0.2, 0.25) is 0 Å². The van der Waals surface area contributed by atoms with Crippen molar-refractivity contribution in [2.75, 3.05) is 5.73 Å². The molecule has 2 aromatic rings. The van der Waals surface area contributed by atoms with Gasteiger partial charge in [-0.05, 0) is 46.6 Å². The van der Waals surface area contributed by atoms with Gasteiger partial charge in [0, 0.05) is 24.1 Å². The monoisotopic (exact) mass is 373 g/mol. The van der Waals surface area contributed by atoms with Gasteiger partial charge in [-0.15, -0.1) is 0 Å². The molecule has 5 nitrogen and oxygen atoms in total. The summed E-state index contributed by atoms with van der Waals surface area (Å²) in [5.41, 5.74) is 6.39. The summed E-state index contributed by atoms with van der Waals surface area (Å²) in [4.78, 5) is 3.42. The van der Waals surface area contributed by atoms with Gasteiger partial charge in [-0.25, -0.2) is 17.5 Å². The summed E-state index contributed by atoms with van der Waals surface area (Å²) in [6, 6.07) is 5.25. The third-order valence-corrected chi connectivity index (χ3v) is 4.94. The molecule has 0 saturated heterocycles. The lowest BCUT2D eigenvalue weighted by Crippen LogP contribution is -2.28. The van der Waals surface area contributed by atoms with Crippen molar-refractivity contribution in [2.45, 2.75) is 17.9 Å². The highest BCUT2D eigenvalue weighted by atomic mass is 79.9. The summed E-state index contributed by atoms with van der Waals surface area (Å²) >= 11 is 2.94. The summed E-state index contributed by atoms with van der Waals surface area (Å²) < 4.78 is 41.0. The molecule has 1 aromatic heterocycles. The van der Waals surface area contributed by atoms with Gasteiger partial charge in [0.2, 0.25) is 10.0 Å². The Labute approximate surface area is 130 Å². The third-order valence-electron chi connectivity index (χ3n) is 2.82. The maximum Gasteiger partial charge on any atom is 0.244 e. The van der Waals surface area contributed by atoms with E-state index in [1.807, 2.05) is 0 Å². The lowest BCUT2D eigenvalue weighted by atomic mass is 10.2. The van der Waals surface area contributed by atoms with E-state index in [-0.39, 0.29) is 10.2 Å². The highest BCUT2D eigenvalue weighted by Gasteiger charge is 2.24. The summed E-state index contributed by atoms with van der Waals surface area (Å²) in [5.74, 6) is -0.880. The van der Waals surface area contributed by atoms with Crippen LogP contribution in [0.5, 0.6) is 0 Å². The molecule has 0 aliphatic carbocycles. The number of halogens is 2. The van der Waals surface area contributed by atoms with Crippen molar-refractivity contribution >= 4 is 31.6 Å². The van der Waals surface area contributed by atoms with Gasteiger partial charge >= 0.3 is 0 Å². The number of sulfonamides is 1. The molecule has 3 N–H and O–H groups in total. The predicted octanol–water partition coefficient (Wildman–Crippen LogP) is 2.60. The molecule has 112 valence electrons. The number of hydrogen-bond acceptors (Lipinski definition) is 4. The van der Waals surface area contributed by atoms with E-state index in [4.69, 9.17) is 5.73 Å². The normalized spacial score (nSPS) is 13.1. The van der Waals surface area contributed by atoms with Crippen LogP contribution in [-0.4, -0.2) is 13.4 Å². The highest BCUT2D eigenvalue weighted by Crippen LogP contribution is 2.27. The van der Waals surface area contributed by atoms with Gasteiger partial charge in [-0.1, -0.05) is 6.07 Å². The summed E-state index contributed by atoms with van der Waals surface area (Å²) in [6.45, 7) is 1.65. The first-order valence-electron chi connectivity index (χ1n) is 5.98. The maximum absolute atomic E-state index is 14.0. The van der Waals surface area contributed by atoms with Crippen molar-refractivity contribution < 1.29 is 12.8 Å². The van der Waals surface area contributed by atoms with Crippen molar-refractivity contribution in [2.24, 2.45) is 0 Å². The maximum atomic E-state index is 14.0. The Morgan fingerprint density at radius 3 is 2.76 bits per heavy atom. The van der Waals surface area contributed by atoms with Crippen LogP contribution in [-0.2, 0) is 10.0 Å². The minimum Gasteiger partial charge on any atom is -0.399 e. The van der Waals surface area contributed by atoms with Crippen LogP contribution in [0.25, 0.3) is 0 Å². The molecule has 0 amide bonds. The predicted molar refractivity (Wildman–Crippen MR) is 81.5 cm³/mol. The number of nitrogens with one attached hydrogen (secondary N) is 1. The Bertz CT molecular complexity index is 754. The molecule has 0 aliphatic rings. The molecule has 8 heteroatoms. The van der Waals surface area contributed by atoms with Crippen molar-refractivity contribution in [3.63, 3.8) is 0 Å². The minimum absolute atomic E-state index is 0.00286. The van der Waals surface area contributed by atoms with Gasteiger partial charge in [0.05, 0.1) is 4.47 Å². The fraction of sp³-hybridized carbons (Fsp3) is 0.154. The molecule has 0 fully saturated rings. The van der Waals surface area contributed by atoms with Gasteiger partial charge in [0.15, 0.2) is 5.82 Å². The number of nitrogen functional groups attached to an aromatic ring is 1. The summed E-state index contributed by atoms with van der Waals surface area (Å²) in [7, 11) is -4.05. The van der Waals surface area contributed by atoms with Crippen LogP contribution in [0.4, 0.5) is 10.1 Å². The molecule has 1 atom stereocenters. The van der Waals surface area contributed by atoms with Crippen LogP contribution >= 0.6 is 15.9 Å². The van der Waals surface area contributed by atoms with Crippen LogP contribution in [0.3, 0.4) is 0 Å². The van der Waals surface area contributed by atoms with Crippen molar-refractivity contribution in [1.29, 1.82) is 0 Å². The van der Waals surface area contributed by atoms with E-state index in [0.29, 0.717) is 5.56 Å². The second-order valence-electron chi connectivity index (χ2n) is 4.44. The van der Waals surface area contributed by atoms with E-state index in [1.54, 1.807) is 31.5 Å². The number of rotatable bonds is 4. The Balaban J connectivity index is 2.35. The van der Waals surface area contributed by atoms with Gasteiger partial charge in [-0.2, -0.15) is 0 Å². The zero-order valence-electron chi connectivity index (χ0n) is 11.0. The van der Waals surface area contributed by atoms with Gasteiger partial charge in [0.1, 0.15) is 4.90 Å². The quantitative estimate of drug-likeness (QED) is 0.806. The smallest absolute Gasteiger partial charge is 0.244 e. The van der Waals surface area contributed by atoms with Gasteiger partial charge in [-0.3, -0.25) is 4.98 Å². The van der Waals surface area contributed by atoms with Crippen molar-refractivity contribution in [1.82, 2.24) is 9.71 Å². The lowest BCUT2D eigenvalue weighted by Gasteiger charge is -2.15. The molecule has 0 saturated carbocycles. The molecule has 2 rings (SSSR count). The molecule has 0 radical (unpaired) electrons. The summed E-state index contributed by atoms with van der Waals surface area (Å²) in [6.07, 6.45) is 3.12. The number of nitrogens with zero attached hydrogens (tertiary/aromatic N) is 1. The average molecular weight is 374 g/mol. The molecule has 0 aliphatic heterocycles. The Kier molecular flexibility index (Phi) is 4.60. The number of aromatic nitrogens is 1. The second kappa shape index (κ2) is 6.08. The van der Waals surface area contributed by atoms with E-state index in [1.165, 1.54) is 6.07 Å². The Morgan fingerprint density at radius 1 is 1.43 bits per heavy atom. The molecule has 0 spiro atoms. The summed E-state index contributed by atoms with van der Waals surface area (Å²) in [5, 5.41) is 0. The standard InChI is InChI=1S/C13H13BrFN3O2S/c1-8(9-3-2-4-17-7-9)18-21(19,20)12-6-10(16)5-11(14)13(12)15/h2-8,18H,16H2,1H3. The van der Waals surface area contributed by atoms with Crippen LogP contribution < -0.4 is 10.5 Å². The molecule has 1 heterocycles. The van der Waals surface area contributed by atoms with Crippen LogP contribution in [0.1, 0.15) is 18.5 Å². The topological polar surface area (TPSA) is 85.1 Å². The fourth-order valence-electron chi connectivity index (χ4n) is 1.78. The van der Waals surface area contributed by atoms with Crippen LogP contribution in [0.15, 0.2) is 46.0 Å². The van der Waals surface area contributed by atoms with E-state index < -0.39 is 26.8 Å². The second-order valence-corrected chi connectivity index (χ2v) is 6.98. The Hall–Kier alpha value is -1.51. The number of anilines is 1. The number of pyridine rings is 1. The first-order chi connectivity index (χ1) is 9.81. The molecular formula is C13H13BrFN3O2S. The van der Waals surface area contributed by atoms with E-state index >= 15 is 0 Å². The SMILES string of the molecule is CC(NS(=O)(=O)c1cc(N)cc(Br)c1F)c1cccnc1. The van der Waals surface area contributed by atoms with E-state index in [0.717, 1.165) is 6.07 Å². The third kappa shape index (κ3) is 3.58. The fourth-order valence-corrected chi connectivity index (χ4v) is 3.75. The first-order valence-corrected chi connectivity index (χ1v) is 8.25. The number of benzene rings is 1. The van der Waals surface area contributed by atoms with Gasteiger partial charge < -0.3 is 5.73 Å². The molecule has 21 heavy (non-hydrogen) atoms. The van der Waals surface area contributed by atoms with Crippen molar-refractivity contribution in [3.05, 3.63) is 52.5 Å². The van der Waals surface area contributed by atoms with Crippen molar-refractivity contribution in [3.8, 4) is 0 Å². The largest absolute Gasteiger partial charge is 0.399 e. The molecule has 1 unspecified atom stereocenters. The highest BCUT2D eigenvalue weighted by molar-refractivity contribution is 9.10. The minimum atomic E-state index is -4.05. The van der Waals surface area contributed by atoms with Crippen LogP contribution in [0, 0.1) is 5.82 Å². The van der Waals surface area contributed by atoms with E-state index in [2.05, 4.69) is 25.6 Å². The molecule has 0 bridgehead atoms. The number of nitrogens with two attached hydrogens (primary N) is 1. The van der Waals surface area contributed by atoms with Gasteiger partial charge in [0.25, 0.3) is 0 Å². The molecular weight excluding hydrogens is 361 g/mol. The molecule has 1 aromatic carbocycles. The zero-order chi connectivity index (χ0) is 15.6. The zero-order valence-corrected chi connectivity index (χ0v) is 13.4. The average Bonchev–Trinajstić information content (AvgIpc) is 2.43. The Morgan fingerprint density at radius 2 is 2.14 bits per heavy atom. The number of hydrogen-bond donors (Lipinski definition) is 2.